The molecule has 0 saturated carbocycles. The van der Waals surface area contributed by atoms with Gasteiger partial charge in [-0.15, -0.1) is 0 Å². The summed E-state index contributed by atoms with van der Waals surface area (Å²) in [7, 11) is 1.41. The molecule has 0 bridgehead atoms. The fourth-order valence-corrected chi connectivity index (χ4v) is 4.22. The highest BCUT2D eigenvalue weighted by molar-refractivity contribution is 9.10. The number of esters is 1. The van der Waals surface area contributed by atoms with Crippen molar-refractivity contribution in [1.29, 1.82) is 0 Å². The van der Waals surface area contributed by atoms with Gasteiger partial charge in [0, 0.05) is 22.0 Å². The fraction of sp³-hybridized carbons (Fsp3) is 0.350. The summed E-state index contributed by atoms with van der Waals surface area (Å²) in [6, 6.07) is 12.2. The largest absolute Gasteiger partial charge is 0.492 e. The maximum Gasteiger partial charge on any atom is 0.306 e. The molecule has 5 heteroatoms. The van der Waals surface area contributed by atoms with Crippen LogP contribution in [0.1, 0.15) is 41.6 Å². The molecule has 0 spiro atoms. The van der Waals surface area contributed by atoms with Crippen molar-refractivity contribution in [3.05, 3.63) is 57.6 Å². The van der Waals surface area contributed by atoms with Gasteiger partial charge in [0.25, 0.3) is 0 Å². The van der Waals surface area contributed by atoms with Gasteiger partial charge in [-0.25, -0.2) is 0 Å². The average molecular weight is 403 g/mol. The zero-order valence-corrected chi connectivity index (χ0v) is 15.5. The van der Waals surface area contributed by atoms with Crippen molar-refractivity contribution in [2.24, 2.45) is 0 Å². The van der Waals surface area contributed by atoms with Gasteiger partial charge in [0.05, 0.1) is 20.1 Å². The predicted molar refractivity (Wildman–Crippen MR) is 97.1 cm³/mol. The molecule has 0 fully saturated rings. The summed E-state index contributed by atoms with van der Waals surface area (Å²) in [5.41, 5.74) is 3.63. The fourth-order valence-electron chi connectivity index (χ4n) is 3.64. The molecule has 1 heterocycles. The van der Waals surface area contributed by atoms with Crippen LogP contribution < -0.4 is 9.47 Å². The summed E-state index contributed by atoms with van der Waals surface area (Å²) in [6.45, 7) is 0.507. The predicted octanol–water partition coefficient (Wildman–Crippen LogP) is 4.55. The highest BCUT2D eigenvalue weighted by atomic mass is 79.9. The van der Waals surface area contributed by atoms with Crippen LogP contribution in [-0.4, -0.2) is 19.7 Å². The first-order chi connectivity index (χ1) is 12.2. The Morgan fingerprint density at radius 1 is 1.28 bits per heavy atom. The van der Waals surface area contributed by atoms with Gasteiger partial charge in [0.15, 0.2) is 0 Å². The van der Waals surface area contributed by atoms with Crippen LogP contribution in [0.5, 0.6) is 11.5 Å². The second kappa shape index (κ2) is 6.71. The zero-order chi connectivity index (χ0) is 17.4. The first-order valence-corrected chi connectivity index (χ1v) is 9.22. The van der Waals surface area contributed by atoms with Crippen molar-refractivity contribution in [2.75, 3.05) is 13.7 Å². The van der Waals surface area contributed by atoms with Crippen LogP contribution in [0, 0.1) is 0 Å². The molecule has 0 radical (unpaired) electrons. The van der Waals surface area contributed by atoms with Crippen LogP contribution in [0.15, 0.2) is 40.9 Å². The number of carbonyl (C=O) groups is 1. The van der Waals surface area contributed by atoms with Crippen LogP contribution in [-0.2, 0) is 16.0 Å². The summed E-state index contributed by atoms with van der Waals surface area (Å²) in [6.07, 6.45) is 2.40. The Labute approximate surface area is 155 Å². The standard InChI is InChI=1S/C20H19BrO4/c1-23-20(22)9-12-11-24-19-10-13(5-6-14(12)19)25-18-8-7-15-16(18)3-2-4-17(15)21/h2-6,10,12,18H,7-9,11H2,1H3. The number of ether oxygens (including phenoxy) is 3. The van der Waals surface area contributed by atoms with Crippen molar-refractivity contribution < 1.29 is 19.0 Å². The molecular formula is C20H19BrO4. The van der Waals surface area contributed by atoms with E-state index in [1.807, 2.05) is 24.3 Å². The van der Waals surface area contributed by atoms with Gasteiger partial charge in [-0.1, -0.05) is 34.1 Å². The van der Waals surface area contributed by atoms with Gasteiger partial charge < -0.3 is 14.2 Å². The number of benzene rings is 2. The second-order valence-corrected chi connectivity index (χ2v) is 7.29. The molecular weight excluding hydrogens is 384 g/mol. The Hall–Kier alpha value is -2.01. The van der Waals surface area contributed by atoms with Crippen LogP contribution in [0.4, 0.5) is 0 Å². The Morgan fingerprint density at radius 3 is 3.00 bits per heavy atom. The van der Waals surface area contributed by atoms with Crippen LogP contribution >= 0.6 is 15.9 Å². The zero-order valence-electron chi connectivity index (χ0n) is 14.0. The molecule has 1 aliphatic carbocycles. The van der Waals surface area contributed by atoms with Gasteiger partial charge in [0.2, 0.25) is 0 Å². The molecule has 0 saturated heterocycles. The summed E-state index contributed by atoms with van der Waals surface area (Å²) in [5.74, 6) is 1.45. The molecule has 2 aromatic carbocycles. The first-order valence-electron chi connectivity index (χ1n) is 8.43. The molecule has 0 amide bonds. The van der Waals surface area contributed by atoms with Crippen LogP contribution in [0.2, 0.25) is 0 Å². The Morgan fingerprint density at radius 2 is 2.16 bits per heavy atom. The van der Waals surface area contributed by atoms with Gasteiger partial charge in [0.1, 0.15) is 17.6 Å². The van der Waals surface area contributed by atoms with Gasteiger partial charge in [-0.2, -0.15) is 0 Å². The van der Waals surface area contributed by atoms with E-state index in [4.69, 9.17) is 14.2 Å². The summed E-state index contributed by atoms with van der Waals surface area (Å²) >= 11 is 3.62. The smallest absolute Gasteiger partial charge is 0.306 e. The minimum atomic E-state index is -0.213. The highest BCUT2D eigenvalue weighted by Crippen LogP contribution is 2.42. The monoisotopic (exact) mass is 402 g/mol. The minimum absolute atomic E-state index is 0.0552. The molecule has 4 nitrogen and oxygen atoms in total. The molecule has 2 unspecified atom stereocenters. The van der Waals surface area contributed by atoms with Crippen LogP contribution in [0.25, 0.3) is 0 Å². The van der Waals surface area contributed by atoms with Crippen molar-refractivity contribution in [2.45, 2.75) is 31.3 Å². The average Bonchev–Trinajstić information content (AvgIpc) is 3.20. The highest BCUT2D eigenvalue weighted by Gasteiger charge is 2.29. The molecule has 2 atom stereocenters. The molecule has 4 rings (SSSR count). The molecule has 130 valence electrons. The third-order valence-electron chi connectivity index (χ3n) is 4.94. The number of methoxy groups -OCH3 is 1. The maximum atomic E-state index is 11.5. The van der Waals surface area contributed by atoms with E-state index in [1.165, 1.54) is 18.2 Å². The van der Waals surface area contributed by atoms with Gasteiger partial charge in [-0.3, -0.25) is 4.79 Å². The number of hydrogen-bond donors (Lipinski definition) is 0. The topological polar surface area (TPSA) is 44.8 Å². The lowest BCUT2D eigenvalue weighted by Gasteiger charge is -2.16. The summed E-state index contributed by atoms with van der Waals surface area (Å²) < 4.78 is 17.9. The van der Waals surface area contributed by atoms with Gasteiger partial charge >= 0.3 is 5.97 Å². The van der Waals surface area contributed by atoms with Gasteiger partial charge in [-0.05, 0) is 36.1 Å². The molecule has 25 heavy (non-hydrogen) atoms. The lowest BCUT2D eigenvalue weighted by Crippen LogP contribution is -2.09. The van der Waals surface area contributed by atoms with E-state index in [0.29, 0.717) is 13.0 Å². The van der Waals surface area contributed by atoms with E-state index in [-0.39, 0.29) is 18.0 Å². The van der Waals surface area contributed by atoms with E-state index < -0.39 is 0 Å². The molecule has 2 aliphatic rings. The molecule has 0 N–H and O–H groups in total. The lowest BCUT2D eigenvalue weighted by molar-refractivity contribution is -0.141. The van der Waals surface area contributed by atoms with E-state index in [9.17, 15) is 4.79 Å². The normalized spacial score (nSPS) is 20.6. The maximum absolute atomic E-state index is 11.5. The second-order valence-electron chi connectivity index (χ2n) is 6.44. The lowest BCUT2D eigenvalue weighted by atomic mass is 9.98. The van der Waals surface area contributed by atoms with E-state index in [0.717, 1.165) is 34.4 Å². The number of rotatable bonds is 4. The van der Waals surface area contributed by atoms with Crippen LogP contribution in [0.3, 0.4) is 0 Å². The SMILES string of the molecule is COC(=O)CC1COc2cc(OC3CCc4c(Br)cccc43)ccc21. The van der Waals surface area contributed by atoms with Crippen molar-refractivity contribution in [3.8, 4) is 11.5 Å². The Bertz CT molecular complexity index is 817. The van der Waals surface area contributed by atoms with Crippen molar-refractivity contribution >= 4 is 21.9 Å². The minimum Gasteiger partial charge on any atom is -0.492 e. The van der Waals surface area contributed by atoms with E-state index >= 15 is 0 Å². The van der Waals surface area contributed by atoms with E-state index in [2.05, 4.69) is 28.1 Å². The quantitative estimate of drug-likeness (QED) is 0.703. The number of hydrogen-bond acceptors (Lipinski definition) is 4. The molecule has 0 aromatic heterocycles. The summed E-state index contributed by atoms with van der Waals surface area (Å²) in [5, 5.41) is 0. The molecule has 2 aromatic rings. The number of halogens is 1. The first kappa shape index (κ1) is 16.5. The Kier molecular flexibility index (Phi) is 4.42. The Balaban J connectivity index is 1.51. The third kappa shape index (κ3) is 3.13. The molecule has 1 aliphatic heterocycles. The van der Waals surface area contributed by atoms with Crippen molar-refractivity contribution in [1.82, 2.24) is 0 Å². The van der Waals surface area contributed by atoms with Crippen molar-refractivity contribution in [3.63, 3.8) is 0 Å². The van der Waals surface area contributed by atoms with E-state index in [1.54, 1.807) is 0 Å². The number of carbonyl (C=O) groups excluding carboxylic acids is 1. The summed E-state index contributed by atoms with van der Waals surface area (Å²) in [4.78, 5) is 11.5. The number of fused-ring (bicyclic) bond motifs is 2. The third-order valence-corrected chi connectivity index (χ3v) is 5.69.